The maximum atomic E-state index is 4.10. The van der Waals surface area contributed by atoms with Crippen LogP contribution in [0.2, 0.25) is 0 Å². The lowest BCUT2D eigenvalue weighted by Gasteiger charge is -2.08. The standard InChI is InChI=1S/C7H10N2.B/c1-9(2)7-5-3-4-6-8-7;/h3-6H,1-2H3;. The summed E-state index contributed by atoms with van der Waals surface area (Å²) >= 11 is 0. The van der Waals surface area contributed by atoms with E-state index in [0.717, 1.165) is 5.82 Å². The number of aromatic nitrogens is 1. The van der Waals surface area contributed by atoms with Crippen LogP contribution in [-0.4, -0.2) is 27.5 Å². The zero-order valence-electron chi connectivity index (χ0n) is 6.28. The first kappa shape index (κ1) is 9.01. The molecule has 2 nitrogen and oxygen atoms in total. The van der Waals surface area contributed by atoms with Gasteiger partial charge in [-0.05, 0) is 12.1 Å². The van der Waals surface area contributed by atoms with Crippen molar-refractivity contribution in [3.63, 3.8) is 0 Å². The molecule has 1 aromatic rings. The van der Waals surface area contributed by atoms with Gasteiger partial charge in [0.15, 0.2) is 0 Å². The van der Waals surface area contributed by atoms with E-state index in [2.05, 4.69) is 4.98 Å². The number of pyridine rings is 1. The topological polar surface area (TPSA) is 16.1 Å². The summed E-state index contributed by atoms with van der Waals surface area (Å²) in [6, 6.07) is 5.86. The summed E-state index contributed by atoms with van der Waals surface area (Å²) in [6.45, 7) is 0. The first-order chi connectivity index (χ1) is 4.30. The Bertz CT molecular complexity index is 174. The normalized spacial score (nSPS) is 8.20. The number of rotatable bonds is 1. The maximum Gasteiger partial charge on any atom is 0.127 e. The molecule has 0 amide bonds. The molecule has 1 heterocycles. The minimum Gasteiger partial charge on any atom is -0.363 e. The maximum absolute atomic E-state index is 4.10. The summed E-state index contributed by atoms with van der Waals surface area (Å²) in [5.41, 5.74) is 0. The van der Waals surface area contributed by atoms with Crippen molar-refractivity contribution in [1.82, 2.24) is 4.98 Å². The summed E-state index contributed by atoms with van der Waals surface area (Å²) in [5, 5.41) is 0. The zero-order valence-corrected chi connectivity index (χ0v) is 6.28. The Kier molecular flexibility index (Phi) is 3.54. The molecular weight excluding hydrogens is 123 g/mol. The van der Waals surface area contributed by atoms with Gasteiger partial charge >= 0.3 is 0 Å². The van der Waals surface area contributed by atoms with Crippen molar-refractivity contribution in [2.24, 2.45) is 0 Å². The first-order valence-corrected chi connectivity index (χ1v) is 2.89. The highest BCUT2D eigenvalue weighted by atomic mass is 15.1. The highest BCUT2D eigenvalue weighted by Gasteiger charge is 1.89. The second kappa shape index (κ2) is 3.93. The Morgan fingerprint density at radius 2 is 2.00 bits per heavy atom. The molecule has 0 N–H and O–H groups in total. The van der Waals surface area contributed by atoms with Crippen LogP contribution in [0.1, 0.15) is 0 Å². The largest absolute Gasteiger partial charge is 0.363 e. The van der Waals surface area contributed by atoms with Crippen LogP contribution in [0.5, 0.6) is 0 Å². The molecule has 0 spiro atoms. The molecule has 0 bridgehead atoms. The van der Waals surface area contributed by atoms with Crippen molar-refractivity contribution in [3.8, 4) is 0 Å². The lowest BCUT2D eigenvalue weighted by molar-refractivity contribution is 1.07. The van der Waals surface area contributed by atoms with Crippen molar-refractivity contribution in [2.75, 3.05) is 19.0 Å². The number of anilines is 1. The van der Waals surface area contributed by atoms with Crippen LogP contribution in [0.4, 0.5) is 5.82 Å². The van der Waals surface area contributed by atoms with Crippen LogP contribution in [0.15, 0.2) is 24.4 Å². The van der Waals surface area contributed by atoms with Crippen LogP contribution in [0, 0.1) is 0 Å². The van der Waals surface area contributed by atoms with Crippen molar-refractivity contribution < 1.29 is 0 Å². The van der Waals surface area contributed by atoms with Gasteiger partial charge < -0.3 is 4.90 Å². The second-order valence-electron chi connectivity index (χ2n) is 2.08. The monoisotopic (exact) mass is 133 g/mol. The van der Waals surface area contributed by atoms with Gasteiger partial charge in [-0.2, -0.15) is 0 Å². The molecule has 0 aliphatic carbocycles. The van der Waals surface area contributed by atoms with E-state index in [-0.39, 0.29) is 8.41 Å². The van der Waals surface area contributed by atoms with Crippen molar-refractivity contribution in [2.45, 2.75) is 0 Å². The van der Waals surface area contributed by atoms with E-state index < -0.39 is 0 Å². The predicted octanol–water partition coefficient (Wildman–Crippen LogP) is 0.767. The Morgan fingerprint density at radius 3 is 2.30 bits per heavy atom. The molecular formula is C7H10BN2. The van der Waals surface area contributed by atoms with E-state index in [1.807, 2.05) is 37.2 Å². The predicted molar refractivity (Wildman–Crippen MR) is 44.3 cm³/mol. The third-order valence-corrected chi connectivity index (χ3v) is 1.11. The number of hydrogen-bond acceptors (Lipinski definition) is 2. The first-order valence-electron chi connectivity index (χ1n) is 2.89. The molecule has 1 aromatic heterocycles. The van der Waals surface area contributed by atoms with Gasteiger partial charge in [0.05, 0.1) is 0 Å². The molecule has 3 heteroatoms. The van der Waals surface area contributed by atoms with E-state index in [4.69, 9.17) is 0 Å². The van der Waals surface area contributed by atoms with Gasteiger partial charge in [0.1, 0.15) is 5.82 Å². The lowest BCUT2D eigenvalue weighted by Crippen LogP contribution is -2.09. The summed E-state index contributed by atoms with van der Waals surface area (Å²) in [7, 11) is 3.95. The fraction of sp³-hybridized carbons (Fsp3) is 0.286. The van der Waals surface area contributed by atoms with Gasteiger partial charge in [0.2, 0.25) is 0 Å². The summed E-state index contributed by atoms with van der Waals surface area (Å²) in [6.07, 6.45) is 1.79. The summed E-state index contributed by atoms with van der Waals surface area (Å²) in [4.78, 5) is 6.08. The van der Waals surface area contributed by atoms with E-state index in [1.54, 1.807) is 6.20 Å². The lowest BCUT2D eigenvalue weighted by atomic mass is 10.4. The second-order valence-corrected chi connectivity index (χ2v) is 2.08. The highest BCUT2D eigenvalue weighted by Crippen LogP contribution is 2.02. The Balaban J connectivity index is 0.000000810. The van der Waals surface area contributed by atoms with E-state index >= 15 is 0 Å². The average molecular weight is 133 g/mol. The highest BCUT2D eigenvalue weighted by molar-refractivity contribution is 5.75. The van der Waals surface area contributed by atoms with E-state index in [1.165, 1.54) is 0 Å². The van der Waals surface area contributed by atoms with E-state index in [0.29, 0.717) is 0 Å². The molecule has 0 aliphatic rings. The van der Waals surface area contributed by atoms with Crippen LogP contribution in [0.3, 0.4) is 0 Å². The van der Waals surface area contributed by atoms with Gasteiger partial charge in [-0.15, -0.1) is 0 Å². The van der Waals surface area contributed by atoms with Crippen molar-refractivity contribution in [1.29, 1.82) is 0 Å². The molecule has 10 heavy (non-hydrogen) atoms. The molecule has 1 rings (SSSR count). The van der Waals surface area contributed by atoms with Gasteiger partial charge in [-0.25, -0.2) is 4.98 Å². The fourth-order valence-corrected chi connectivity index (χ4v) is 0.618. The zero-order chi connectivity index (χ0) is 6.69. The molecule has 0 fully saturated rings. The van der Waals surface area contributed by atoms with Crippen LogP contribution in [-0.2, 0) is 0 Å². The van der Waals surface area contributed by atoms with Crippen LogP contribution >= 0.6 is 0 Å². The SMILES string of the molecule is CN(C)c1ccccn1.[B]. The third kappa shape index (κ3) is 2.09. The Morgan fingerprint density at radius 1 is 1.30 bits per heavy atom. The summed E-state index contributed by atoms with van der Waals surface area (Å²) in [5.74, 6) is 0.998. The van der Waals surface area contributed by atoms with Gasteiger partial charge in [0.25, 0.3) is 0 Å². The van der Waals surface area contributed by atoms with Gasteiger partial charge in [-0.1, -0.05) is 6.07 Å². The van der Waals surface area contributed by atoms with Crippen LogP contribution in [0.25, 0.3) is 0 Å². The Labute approximate surface area is 63.5 Å². The number of nitrogens with zero attached hydrogens (tertiary/aromatic N) is 2. The quantitative estimate of drug-likeness (QED) is 0.526. The minimum absolute atomic E-state index is 0. The molecule has 0 saturated carbocycles. The third-order valence-electron chi connectivity index (χ3n) is 1.11. The van der Waals surface area contributed by atoms with Crippen LogP contribution < -0.4 is 4.90 Å². The molecule has 0 aromatic carbocycles. The van der Waals surface area contributed by atoms with Gasteiger partial charge in [-0.3, -0.25) is 0 Å². The van der Waals surface area contributed by atoms with E-state index in [9.17, 15) is 0 Å². The van der Waals surface area contributed by atoms with Gasteiger partial charge in [0, 0.05) is 28.7 Å². The Hall–Kier alpha value is -0.985. The van der Waals surface area contributed by atoms with Crippen molar-refractivity contribution >= 4 is 14.2 Å². The van der Waals surface area contributed by atoms with Crippen molar-refractivity contribution in [3.05, 3.63) is 24.4 Å². The molecule has 0 saturated heterocycles. The molecule has 3 radical (unpaired) electrons. The number of hydrogen-bond donors (Lipinski definition) is 0. The fourth-order valence-electron chi connectivity index (χ4n) is 0.618. The molecule has 0 unspecified atom stereocenters. The molecule has 0 atom stereocenters. The average Bonchev–Trinajstić information content (AvgIpc) is 1.90. The molecule has 51 valence electrons. The smallest absolute Gasteiger partial charge is 0.127 e. The summed E-state index contributed by atoms with van der Waals surface area (Å²) < 4.78 is 0. The minimum atomic E-state index is 0. The molecule has 0 aliphatic heterocycles.